The third-order valence-corrected chi connectivity index (χ3v) is 3.43. The molecule has 1 amide bonds. The zero-order valence-corrected chi connectivity index (χ0v) is 11.9. The number of anilines is 1. The number of nitrogens with one attached hydrogen (secondary N) is 1. The molecule has 1 aliphatic rings. The Hall–Kier alpha value is -1.78. The summed E-state index contributed by atoms with van der Waals surface area (Å²) < 4.78 is 18.2. The minimum atomic E-state index is -0.384. The van der Waals surface area contributed by atoms with Gasteiger partial charge in [-0.15, -0.1) is 0 Å². The van der Waals surface area contributed by atoms with Crippen LogP contribution in [0.2, 0.25) is 0 Å². The van der Waals surface area contributed by atoms with Crippen LogP contribution in [0.1, 0.15) is 20.3 Å². The number of hydrogen-bond acceptors (Lipinski definition) is 3. The van der Waals surface area contributed by atoms with Gasteiger partial charge >= 0.3 is 6.09 Å². The highest BCUT2D eigenvalue weighted by atomic mass is 19.1. The van der Waals surface area contributed by atoms with Crippen LogP contribution in [-0.4, -0.2) is 31.8 Å². The van der Waals surface area contributed by atoms with Crippen LogP contribution in [-0.2, 0) is 4.74 Å². The van der Waals surface area contributed by atoms with E-state index in [1.54, 1.807) is 13.0 Å². The van der Waals surface area contributed by atoms with E-state index in [1.165, 1.54) is 12.1 Å². The average Bonchev–Trinajstić information content (AvgIpc) is 2.38. The third kappa shape index (κ3) is 3.85. The molecule has 1 fully saturated rings. The monoisotopic (exact) mass is 280 g/mol. The van der Waals surface area contributed by atoms with Crippen molar-refractivity contribution in [2.75, 3.05) is 24.6 Å². The van der Waals surface area contributed by atoms with Crippen LogP contribution in [0.5, 0.6) is 0 Å². The molecule has 110 valence electrons. The van der Waals surface area contributed by atoms with Crippen molar-refractivity contribution in [1.29, 1.82) is 0 Å². The molecule has 5 heteroatoms. The SMILES string of the molecule is CCOC(=O)NC1CC(C)CN(c2cccc(F)c2)C1. The van der Waals surface area contributed by atoms with Crippen molar-refractivity contribution < 1.29 is 13.9 Å². The first-order chi connectivity index (χ1) is 9.58. The normalized spacial score (nSPS) is 22.4. The number of hydrogen-bond donors (Lipinski definition) is 1. The molecule has 0 saturated carbocycles. The fraction of sp³-hybridized carbons (Fsp3) is 0.533. The maximum Gasteiger partial charge on any atom is 0.407 e. The number of rotatable bonds is 3. The van der Waals surface area contributed by atoms with Crippen LogP contribution in [0.3, 0.4) is 0 Å². The summed E-state index contributed by atoms with van der Waals surface area (Å²) in [6.07, 6.45) is 0.524. The second-order valence-corrected chi connectivity index (χ2v) is 5.29. The number of nitrogens with zero attached hydrogens (tertiary/aromatic N) is 1. The van der Waals surface area contributed by atoms with E-state index in [9.17, 15) is 9.18 Å². The van der Waals surface area contributed by atoms with Crippen molar-refractivity contribution in [3.8, 4) is 0 Å². The number of alkyl carbamates (subject to hydrolysis) is 1. The van der Waals surface area contributed by atoms with E-state index in [0.717, 1.165) is 18.7 Å². The second kappa shape index (κ2) is 6.59. The van der Waals surface area contributed by atoms with E-state index in [1.807, 2.05) is 6.07 Å². The summed E-state index contributed by atoms with van der Waals surface area (Å²) in [7, 11) is 0. The molecular formula is C15H21FN2O2. The number of amides is 1. The van der Waals surface area contributed by atoms with Crippen molar-refractivity contribution >= 4 is 11.8 Å². The number of ether oxygens (including phenoxy) is 1. The van der Waals surface area contributed by atoms with E-state index in [2.05, 4.69) is 17.1 Å². The van der Waals surface area contributed by atoms with Crippen molar-refractivity contribution in [1.82, 2.24) is 5.32 Å². The number of benzene rings is 1. The highest BCUT2D eigenvalue weighted by Gasteiger charge is 2.26. The predicted molar refractivity (Wildman–Crippen MR) is 76.3 cm³/mol. The Bertz CT molecular complexity index is 467. The maximum atomic E-state index is 13.3. The molecule has 0 aromatic heterocycles. The molecule has 1 N–H and O–H groups in total. The van der Waals surface area contributed by atoms with Crippen LogP contribution < -0.4 is 10.2 Å². The number of halogens is 1. The molecule has 0 aliphatic carbocycles. The molecule has 1 heterocycles. The van der Waals surface area contributed by atoms with Crippen LogP contribution in [0.15, 0.2) is 24.3 Å². The topological polar surface area (TPSA) is 41.6 Å². The Morgan fingerprint density at radius 1 is 1.50 bits per heavy atom. The number of carbonyl (C=O) groups is 1. The Morgan fingerprint density at radius 2 is 2.30 bits per heavy atom. The lowest BCUT2D eigenvalue weighted by Gasteiger charge is -2.38. The largest absolute Gasteiger partial charge is 0.450 e. The molecule has 2 unspecified atom stereocenters. The molecule has 0 radical (unpaired) electrons. The van der Waals surface area contributed by atoms with Gasteiger partial charge in [-0.05, 0) is 37.5 Å². The lowest BCUT2D eigenvalue weighted by Crippen LogP contribution is -2.50. The lowest BCUT2D eigenvalue weighted by molar-refractivity contribution is 0.145. The van der Waals surface area contributed by atoms with Gasteiger partial charge in [0.25, 0.3) is 0 Å². The quantitative estimate of drug-likeness (QED) is 0.925. The van der Waals surface area contributed by atoms with Gasteiger partial charge in [0.05, 0.1) is 6.61 Å². The maximum absolute atomic E-state index is 13.3. The van der Waals surface area contributed by atoms with Crippen LogP contribution >= 0.6 is 0 Å². The first kappa shape index (κ1) is 14.6. The standard InChI is InChI=1S/C15H21FN2O2/c1-3-20-15(19)17-13-7-11(2)9-18(10-13)14-6-4-5-12(16)8-14/h4-6,8,11,13H,3,7,9-10H2,1-2H3,(H,17,19). The van der Waals surface area contributed by atoms with E-state index in [0.29, 0.717) is 19.1 Å². The lowest BCUT2D eigenvalue weighted by atomic mass is 9.95. The molecule has 20 heavy (non-hydrogen) atoms. The van der Waals surface area contributed by atoms with Gasteiger partial charge in [0.15, 0.2) is 0 Å². The zero-order valence-electron chi connectivity index (χ0n) is 11.9. The first-order valence-corrected chi connectivity index (χ1v) is 7.02. The average molecular weight is 280 g/mol. The van der Waals surface area contributed by atoms with Gasteiger partial charge in [0.1, 0.15) is 5.82 Å². The van der Waals surface area contributed by atoms with Gasteiger partial charge < -0.3 is 15.0 Å². The Kier molecular flexibility index (Phi) is 4.82. The van der Waals surface area contributed by atoms with Crippen LogP contribution in [0, 0.1) is 11.7 Å². The van der Waals surface area contributed by atoms with E-state index in [4.69, 9.17) is 4.74 Å². The number of carbonyl (C=O) groups excluding carboxylic acids is 1. The first-order valence-electron chi connectivity index (χ1n) is 7.02. The van der Waals surface area contributed by atoms with E-state index >= 15 is 0 Å². The summed E-state index contributed by atoms with van der Waals surface area (Å²) in [6, 6.07) is 6.59. The van der Waals surface area contributed by atoms with Crippen molar-refractivity contribution in [3.05, 3.63) is 30.1 Å². The summed E-state index contributed by atoms with van der Waals surface area (Å²) in [6.45, 7) is 5.81. The van der Waals surface area contributed by atoms with Crippen molar-refractivity contribution in [3.63, 3.8) is 0 Å². The summed E-state index contributed by atoms with van der Waals surface area (Å²) in [5.74, 6) is 0.189. The minimum absolute atomic E-state index is 0.0288. The fourth-order valence-electron chi connectivity index (χ4n) is 2.68. The molecule has 1 aliphatic heterocycles. The zero-order chi connectivity index (χ0) is 14.5. The van der Waals surface area contributed by atoms with Gasteiger partial charge in [0.2, 0.25) is 0 Å². The molecule has 0 bridgehead atoms. The molecule has 0 spiro atoms. The molecule has 1 saturated heterocycles. The van der Waals surface area contributed by atoms with Gasteiger partial charge in [0, 0.05) is 24.8 Å². The molecule has 1 aromatic carbocycles. The summed E-state index contributed by atoms with van der Waals surface area (Å²) in [5, 5.41) is 2.87. The van der Waals surface area contributed by atoms with Gasteiger partial charge in [-0.1, -0.05) is 13.0 Å². The van der Waals surface area contributed by atoms with Gasteiger partial charge in [-0.2, -0.15) is 0 Å². The summed E-state index contributed by atoms with van der Waals surface area (Å²) >= 11 is 0. The predicted octanol–water partition coefficient (Wildman–Crippen LogP) is 2.79. The summed E-state index contributed by atoms with van der Waals surface area (Å²) in [5.41, 5.74) is 0.854. The van der Waals surface area contributed by atoms with Gasteiger partial charge in [-0.3, -0.25) is 0 Å². The van der Waals surface area contributed by atoms with E-state index < -0.39 is 0 Å². The van der Waals surface area contributed by atoms with Crippen LogP contribution in [0.4, 0.5) is 14.9 Å². The van der Waals surface area contributed by atoms with E-state index in [-0.39, 0.29) is 18.0 Å². The number of piperidine rings is 1. The van der Waals surface area contributed by atoms with Crippen LogP contribution in [0.25, 0.3) is 0 Å². The second-order valence-electron chi connectivity index (χ2n) is 5.29. The highest BCUT2D eigenvalue weighted by molar-refractivity contribution is 5.67. The highest BCUT2D eigenvalue weighted by Crippen LogP contribution is 2.23. The molecule has 4 nitrogen and oxygen atoms in total. The Balaban J connectivity index is 2.02. The minimum Gasteiger partial charge on any atom is -0.450 e. The fourth-order valence-corrected chi connectivity index (χ4v) is 2.68. The smallest absolute Gasteiger partial charge is 0.407 e. The molecule has 2 atom stereocenters. The third-order valence-electron chi connectivity index (χ3n) is 3.43. The Labute approximate surface area is 118 Å². The molecule has 2 rings (SSSR count). The van der Waals surface area contributed by atoms with Crippen molar-refractivity contribution in [2.24, 2.45) is 5.92 Å². The molecular weight excluding hydrogens is 259 g/mol. The van der Waals surface area contributed by atoms with Crippen molar-refractivity contribution in [2.45, 2.75) is 26.3 Å². The molecule has 1 aromatic rings. The van der Waals surface area contributed by atoms with Gasteiger partial charge in [-0.25, -0.2) is 9.18 Å². The Morgan fingerprint density at radius 3 is 3.00 bits per heavy atom. The summed E-state index contributed by atoms with van der Waals surface area (Å²) in [4.78, 5) is 13.6.